The van der Waals surface area contributed by atoms with Crippen LogP contribution in [0.25, 0.3) is 0 Å². The molecule has 2 atom stereocenters. The molecule has 106 valence electrons. The number of rotatable bonds is 5. The number of nitrogens with zero attached hydrogens (tertiary/aromatic N) is 1. The van der Waals surface area contributed by atoms with Crippen LogP contribution in [0.4, 0.5) is 0 Å². The van der Waals surface area contributed by atoms with Crippen molar-refractivity contribution >= 4 is 11.8 Å². The Kier molecular flexibility index (Phi) is 5.01. The smallest absolute Gasteiger partial charge is 0.0284 e. The molecular weight excluding hydrogens is 240 g/mol. The van der Waals surface area contributed by atoms with Crippen molar-refractivity contribution in [2.75, 3.05) is 25.9 Å². The molecule has 3 heteroatoms. The molecule has 0 aromatic carbocycles. The van der Waals surface area contributed by atoms with Crippen molar-refractivity contribution in [3.05, 3.63) is 0 Å². The highest BCUT2D eigenvalue weighted by Gasteiger charge is 2.40. The molecule has 1 heterocycles. The number of thioether (sulfide) groups is 1. The second-order valence-electron chi connectivity index (χ2n) is 6.49. The summed E-state index contributed by atoms with van der Waals surface area (Å²) in [5.41, 5.74) is 0. The molecule has 0 aromatic rings. The van der Waals surface area contributed by atoms with E-state index >= 15 is 0 Å². The van der Waals surface area contributed by atoms with Crippen LogP contribution in [-0.2, 0) is 0 Å². The molecule has 1 N–H and O–H groups in total. The van der Waals surface area contributed by atoms with Gasteiger partial charge in [-0.3, -0.25) is 4.90 Å². The minimum atomic E-state index is 0.590. The van der Waals surface area contributed by atoms with Crippen LogP contribution in [0.15, 0.2) is 0 Å². The van der Waals surface area contributed by atoms with Crippen molar-refractivity contribution in [1.82, 2.24) is 10.2 Å². The maximum absolute atomic E-state index is 3.74. The van der Waals surface area contributed by atoms with Crippen molar-refractivity contribution < 1.29 is 0 Å². The Morgan fingerprint density at radius 2 is 2.11 bits per heavy atom. The van der Waals surface area contributed by atoms with E-state index in [0.717, 1.165) is 12.0 Å². The average Bonchev–Trinajstić information content (AvgIpc) is 2.33. The lowest BCUT2D eigenvalue weighted by molar-refractivity contribution is 0.0858. The van der Waals surface area contributed by atoms with Crippen molar-refractivity contribution in [2.45, 2.75) is 63.3 Å². The summed E-state index contributed by atoms with van der Waals surface area (Å²) in [6, 6.07) is 1.44. The summed E-state index contributed by atoms with van der Waals surface area (Å²) in [5.74, 6) is 0.747. The largest absolute Gasteiger partial charge is 0.311 e. The zero-order chi connectivity index (χ0) is 13.2. The molecule has 2 unspecified atom stereocenters. The summed E-state index contributed by atoms with van der Waals surface area (Å²) in [4.78, 5) is 2.79. The summed E-state index contributed by atoms with van der Waals surface area (Å²) >= 11 is 2.11. The van der Waals surface area contributed by atoms with E-state index in [9.17, 15) is 0 Å². The van der Waals surface area contributed by atoms with Gasteiger partial charge in [0.25, 0.3) is 0 Å². The summed E-state index contributed by atoms with van der Waals surface area (Å²) in [5, 5.41) is 3.74. The molecule has 1 saturated heterocycles. The third kappa shape index (κ3) is 3.05. The molecule has 0 bridgehead atoms. The van der Waals surface area contributed by atoms with Crippen LogP contribution in [0.1, 0.15) is 46.5 Å². The fourth-order valence-electron chi connectivity index (χ4n) is 3.29. The van der Waals surface area contributed by atoms with E-state index in [1.807, 2.05) is 0 Å². The van der Waals surface area contributed by atoms with Gasteiger partial charge in [-0.05, 0) is 31.4 Å². The zero-order valence-corrected chi connectivity index (χ0v) is 13.4. The van der Waals surface area contributed by atoms with Gasteiger partial charge in [0, 0.05) is 36.5 Å². The first kappa shape index (κ1) is 14.7. The Bertz CT molecular complexity index is 258. The molecule has 0 aromatic heterocycles. The average molecular weight is 270 g/mol. The molecule has 2 nitrogen and oxygen atoms in total. The fourth-order valence-corrected chi connectivity index (χ4v) is 4.29. The van der Waals surface area contributed by atoms with E-state index in [4.69, 9.17) is 0 Å². The molecule has 18 heavy (non-hydrogen) atoms. The second-order valence-corrected chi connectivity index (χ2v) is 7.77. The Balaban J connectivity index is 1.97. The van der Waals surface area contributed by atoms with E-state index < -0.39 is 0 Å². The first-order chi connectivity index (χ1) is 8.60. The summed E-state index contributed by atoms with van der Waals surface area (Å²) in [6.07, 6.45) is 7.89. The van der Waals surface area contributed by atoms with E-state index in [1.54, 1.807) is 0 Å². The molecule has 2 aliphatic rings. The molecule has 2 fully saturated rings. The van der Waals surface area contributed by atoms with Gasteiger partial charge in [-0.1, -0.05) is 27.2 Å². The first-order valence-electron chi connectivity index (χ1n) is 7.63. The summed E-state index contributed by atoms with van der Waals surface area (Å²) < 4.78 is 0.590. The lowest BCUT2D eigenvalue weighted by Crippen LogP contribution is -2.61. The third-order valence-electron chi connectivity index (χ3n) is 5.03. The lowest BCUT2D eigenvalue weighted by Gasteiger charge is -2.49. The van der Waals surface area contributed by atoms with Crippen LogP contribution in [0.2, 0.25) is 0 Å². The quantitative estimate of drug-likeness (QED) is 0.827. The maximum atomic E-state index is 3.74. The van der Waals surface area contributed by atoms with Gasteiger partial charge in [0.15, 0.2) is 0 Å². The van der Waals surface area contributed by atoms with Crippen molar-refractivity contribution in [3.8, 4) is 0 Å². The Morgan fingerprint density at radius 1 is 1.39 bits per heavy atom. The highest BCUT2D eigenvalue weighted by molar-refractivity contribution is 8.00. The standard InChI is InChI=1S/C15H30N2S/c1-5-13-9-16-14(12(2)3)10-17(13)11-15(18-4)7-6-8-15/h12-14,16H,5-11H2,1-4H3. The summed E-state index contributed by atoms with van der Waals surface area (Å²) in [6.45, 7) is 10.8. The highest BCUT2D eigenvalue weighted by atomic mass is 32.2. The second kappa shape index (κ2) is 6.15. The Labute approximate surface area is 117 Å². The molecule has 1 aliphatic carbocycles. The minimum Gasteiger partial charge on any atom is -0.311 e. The van der Waals surface area contributed by atoms with Crippen molar-refractivity contribution in [2.24, 2.45) is 5.92 Å². The molecular formula is C15H30N2S. The van der Waals surface area contributed by atoms with Crippen LogP contribution in [0.5, 0.6) is 0 Å². The SMILES string of the molecule is CCC1CNC(C(C)C)CN1CC1(SC)CCC1. The number of hydrogen-bond donors (Lipinski definition) is 1. The Hall–Kier alpha value is 0.270. The van der Waals surface area contributed by atoms with E-state index in [-0.39, 0.29) is 0 Å². The lowest BCUT2D eigenvalue weighted by atomic mass is 9.83. The van der Waals surface area contributed by atoms with Gasteiger partial charge in [0.2, 0.25) is 0 Å². The van der Waals surface area contributed by atoms with Crippen LogP contribution in [-0.4, -0.2) is 47.6 Å². The van der Waals surface area contributed by atoms with E-state index in [0.29, 0.717) is 10.8 Å². The van der Waals surface area contributed by atoms with Gasteiger partial charge in [-0.2, -0.15) is 11.8 Å². The third-order valence-corrected chi connectivity index (χ3v) is 6.43. The monoisotopic (exact) mass is 270 g/mol. The normalized spacial score (nSPS) is 32.5. The predicted molar refractivity (Wildman–Crippen MR) is 82.4 cm³/mol. The van der Waals surface area contributed by atoms with E-state index in [1.165, 1.54) is 45.3 Å². The van der Waals surface area contributed by atoms with Gasteiger partial charge in [-0.25, -0.2) is 0 Å². The minimum absolute atomic E-state index is 0.590. The van der Waals surface area contributed by atoms with Crippen LogP contribution in [0.3, 0.4) is 0 Å². The highest BCUT2D eigenvalue weighted by Crippen LogP contribution is 2.43. The Morgan fingerprint density at radius 3 is 2.56 bits per heavy atom. The van der Waals surface area contributed by atoms with Crippen LogP contribution >= 0.6 is 11.8 Å². The van der Waals surface area contributed by atoms with Gasteiger partial charge in [0.1, 0.15) is 0 Å². The van der Waals surface area contributed by atoms with Crippen LogP contribution < -0.4 is 5.32 Å². The first-order valence-corrected chi connectivity index (χ1v) is 8.85. The molecule has 0 radical (unpaired) electrons. The molecule has 0 amide bonds. The van der Waals surface area contributed by atoms with Gasteiger partial charge in [0.05, 0.1) is 0 Å². The van der Waals surface area contributed by atoms with Gasteiger partial charge < -0.3 is 5.32 Å². The number of hydrogen-bond acceptors (Lipinski definition) is 3. The zero-order valence-electron chi connectivity index (χ0n) is 12.5. The molecule has 1 saturated carbocycles. The summed E-state index contributed by atoms with van der Waals surface area (Å²) in [7, 11) is 0. The van der Waals surface area contributed by atoms with Crippen molar-refractivity contribution in [3.63, 3.8) is 0 Å². The van der Waals surface area contributed by atoms with Gasteiger partial charge >= 0.3 is 0 Å². The number of nitrogens with one attached hydrogen (secondary N) is 1. The number of piperazine rings is 1. The molecule has 1 aliphatic heterocycles. The van der Waals surface area contributed by atoms with Crippen LogP contribution in [0, 0.1) is 5.92 Å². The van der Waals surface area contributed by atoms with E-state index in [2.05, 4.69) is 49.0 Å². The predicted octanol–water partition coefficient (Wildman–Crippen LogP) is 2.98. The topological polar surface area (TPSA) is 15.3 Å². The molecule has 0 spiro atoms. The molecule has 2 rings (SSSR count). The van der Waals surface area contributed by atoms with Gasteiger partial charge in [-0.15, -0.1) is 0 Å². The van der Waals surface area contributed by atoms with Crippen molar-refractivity contribution in [1.29, 1.82) is 0 Å². The fraction of sp³-hybridized carbons (Fsp3) is 1.00. The maximum Gasteiger partial charge on any atom is 0.0284 e.